The smallest absolute Gasteiger partial charge is 0.227 e. The van der Waals surface area contributed by atoms with Crippen molar-refractivity contribution < 1.29 is 14.3 Å². The van der Waals surface area contributed by atoms with Crippen molar-refractivity contribution in [2.24, 2.45) is 5.92 Å². The van der Waals surface area contributed by atoms with Crippen molar-refractivity contribution in [2.75, 3.05) is 37.0 Å². The number of fused-ring (bicyclic) bond motifs is 1. The third-order valence-corrected chi connectivity index (χ3v) is 6.23. The van der Waals surface area contributed by atoms with Crippen LogP contribution in [0.1, 0.15) is 19.8 Å². The normalized spacial score (nSPS) is 14.8. The number of aromatic nitrogens is 1. The van der Waals surface area contributed by atoms with Gasteiger partial charge in [0.2, 0.25) is 5.91 Å². The van der Waals surface area contributed by atoms with Gasteiger partial charge in [-0.25, -0.2) is 4.98 Å². The Kier molecular flexibility index (Phi) is 5.85. The van der Waals surface area contributed by atoms with E-state index in [2.05, 4.69) is 16.3 Å². The van der Waals surface area contributed by atoms with Gasteiger partial charge in [-0.3, -0.25) is 4.79 Å². The summed E-state index contributed by atoms with van der Waals surface area (Å²) in [4.78, 5) is 19.7. The minimum absolute atomic E-state index is 0.0206. The van der Waals surface area contributed by atoms with Gasteiger partial charge in [-0.15, -0.1) is 0 Å². The Hall–Kier alpha value is -2.80. The standard InChI is InChI=1S/C22H25N3O3S/c1-3-28-18-8-9-19-20(14-18)29-22(24-19)25-12-10-15(11-13-25)21(26)23-16-4-6-17(27-2)7-5-16/h4-9,14-15H,3,10-13H2,1-2H3,(H,23,26). The molecule has 0 atom stereocenters. The molecule has 0 unspecified atom stereocenters. The predicted molar refractivity (Wildman–Crippen MR) is 117 cm³/mol. The first-order valence-electron chi connectivity index (χ1n) is 9.89. The molecule has 7 heteroatoms. The molecule has 6 nitrogen and oxygen atoms in total. The van der Waals surface area contributed by atoms with E-state index in [0.29, 0.717) is 6.61 Å². The Labute approximate surface area is 174 Å². The highest BCUT2D eigenvalue weighted by Crippen LogP contribution is 2.33. The number of carbonyl (C=O) groups excluding carboxylic acids is 1. The molecule has 1 aromatic heterocycles. The lowest BCUT2D eigenvalue weighted by atomic mass is 9.96. The molecule has 29 heavy (non-hydrogen) atoms. The molecule has 2 aromatic carbocycles. The Morgan fingerprint density at radius 1 is 1.17 bits per heavy atom. The van der Waals surface area contributed by atoms with Gasteiger partial charge in [-0.2, -0.15) is 0 Å². The van der Waals surface area contributed by atoms with Crippen LogP contribution >= 0.6 is 11.3 Å². The number of carbonyl (C=O) groups is 1. The molecule has 2 heterocycles. The zero-order chi connectivity index (χ0) is 20.2. The minimum atomic E-state index is 0.0206. The molecule has 0 radical (unpaired) electrons. The summed E-state index contributed by atoms with van der Waals surface area (Å²) in [6.45, 7) is 4.30. The van der Waals surface area contributed by atoms with Crippen LogP contribution in [0.4, 0.5) is 10.8 Å². The van der Waals surface area contributed by atoms with Crippen LogP contribution in [0.25, 0.3) is 10.2 Å². The van der Waals surface area contributed by atoms with Gasteiger partial charge in [0.05, 0.1) is 23.9 Å². The van der Waals surface area contributed by atoms with Crippen molar-refractivity contribution in [3.05, 3.63) is 42.5 Å². The van der Waals surface area contributed by atoms with E-state index >= 15 is 0 Å². The number of anilines is 2. The molecule has 1 fully saturated rings. The minimum Gasteiger partial charge on any atom is -0.497 e. The summed E-state index contributed by atoms with van der Waals surface area (Å²) in [6.07, 6.45) is 1.64. The molecule has 0 saturated carbocycles. The number of methoxy groups -OCH3 is 1. The van der Waals surface area contributed by atoms with Crippen LogP contribution in [0.3, 0.4) is 0 Å². The van der Waals surface area contributed by atoms with Crippen LogP contribution in [0, 0.1) is 5.92 Å². The molecule has 4 rings (SSSR count). The summed E-state index contributed by atoms with van der Waals surface area (Å²) >= 11 is 1.68. The molecule has 152 valence electrons. The van der Waals surface area contributed by atoms with E-state index in [-0.39, 0.29) is 11.8 Å². The summed E-state index contributed by atoms with van der Waals surface area (Å²) in [5, 5.41) is 4.03. The lowest BCUT2D eigenvalue weighted by molar-refractivity contribution is -0.120. The fourth-order valence-electron chi connectivity index (χ4n) is 3.54. The quantitative estimate of drug-likeness (QED) is 0.644. The molecule has 1 aliphatic rings. The first-order valence-corrected chi connectivity index (χ1v) is 10.7. The first kappa shape index (κ1) is 19.5. The summed E-state index contributed by atoms with van der Waals surface area (Å²) in [7, 11) is 1.63. The molecule has 1 amide bonds. The molecule has 0 aliphatic carbocycles. The Bertz CT molecular complexity index is 979. The van der Waals surface area contributed by atoms with Crippen molar-refractivity contribution in [3.63, 3.8) is 0 Å². The van der Waals surface area contributed by atoms with E-state index in [1.807, 2.05) is 43.3 Å². The highest BCUT2D eigenvalue weighted by atomic mass is 32.1. The summed E-state index contributed by atoms with van der Waals surface area (Å²) in [6, 6.07) is 13.5. The number of hydrogen-bond donors (Lipinski definition) is 1. The number of piperidine rings is 1. The highest BCUT2D eigenvalue weighted by Gasteiger charge is 2.26. The van der Waals surface area contributed by atoms with Crippen LogP contribution in [0.2, 0.25) is 0 Å². The molecule has 0 bridgehead atoms. The second-order valence-electron chi connectivity index (χ2n) is 7.04. The number of nitrogens with zero attached hydrogens (tertiary/aromatic N) is 2. The number of nitrogens with one attached hydrogen (secondary N) is 1. The molecule has 3 aromatic rings. The lowest BCUT2D eigenvalue weighted by Crippen LogP contribution is -2.38. The van der Waals surface area contributed by atoms with Crippen molar-refractivity contribution in [2.45, 2.75) is 19.8 Å². The number of rotatable bonds is 6. The van der Waals surface area contributed by atoms with Crippen molar-refractivity contribution in [1.29, 1.82) is 0 Å². The van der Waals surface area contributed by atoms with Gasteiger partial charge in [-0.1, -0.05) is 11.3 Å². The Morgan fingerprint density at radius 2 is 1.90 bits per heavy atom. The largest absolute Gasteiger partial charge is 0.497 e. The first-order chi connectivity index (χ1) is 14.2. The second kappa shape index (κ2) is 8.69. The lowest BCUT2D eigenvalue weighted by Gasteiger charge is -2.31. The van der Waals surface area contributed by atoms with E-state index in [1.165, 1.54) is 0 Å². The zero-order valence-electron chi connectivity index (χ0n) is 16.7. The van der Waals surface area contributed by atoms with Gasteiger partial charge >= 0.3 is 0 Å². The molecule has 0 spiro atoms. The number of thiazole rings is 1. The number of ether oxygens (including phenoxy) is 2. The number of benzene rings is 2. The molecule has 1 aliphatic heterocycles. The van der Waals surface area contributed by atoms with E-state index in [4.69, 9.17) is 14.5 Å². The fourth-order valence-corrected chi connectivity index (χ4v) is 4.58. The van der Waals surface area contributed by atoms with Crippen molar-refractivity contribution in [3.8, 4) is 11.5 Å². The summed E-state index contributed by atoms with van der Waals surface area (Å²) in [5.41, 5.74) is 1.79. The van der Waals surface area contributed by atoms with Crippen molar-refractivity contribution in [1.82, 2.24) is 4.98 Å². The van der Waals surface area contributed by atoms with Crippen LogP contribution in [-0.4, -0.2) is 37.7 Å². The fraction of sp³-hybridized carbons (Fsp3) is 0.364. The van der Waals surface area contributed by atoms with E-state index in [9.17, 15) is 4.79 Å². The Balaban J connectivity index is 1.36. The molecular formula is C22H25N3O3S. The van der Waals surface area contributed by atoms with Crippen LogP contribution in [0.5, 0.6) is 11.5 Å². The predicted octanol–water partition coefficient (Wildman–Crippen LogP) is 4.56. The van der Waals surface area contributed by atoms with E-state index in [0.717, 1.165) is 58.5 Å². The zero-order valence-corrected chi connectivity index (χ0v) is 17.5. The third kappa shape index (κ3) is 4.45. The molecule has 1 saturated heterocycles. The molecular weight excluding hydrogens is 386 g/mol. The van der Waals surface area contributed by atoms with E-state index < -0.39 is 0 Å². The topological polar surface area (TPSA) is 63.7 Å². The van der Waals surface area contributed by atoms with Gasteiger partial charge in [0.1, 0.15) is 11.5 Å². The van der Waals surface area contributed by atoms with Gasteiger partial charge in [0.25, 0.3) is 0 Å². The maximum Gasteiger partial charge on any atom is 0.227 e. The molecule has 1 N–H and O–H groups in total. The van der Waals surface area contributed by atoms with Crippen LogP contribution in [0.15, 0.2) is 42.5 Å². The van der Waals surface area contributed by atoms with E-state index in [1.54, 1.807) is 18.4 Å². The van der Waals surface area contributed by atoms with Crippen LogP contribution < -0.4 is 19.7 Å². The average molecular weight is 412 g/mol. The number of amides is 1. The summed E-state index contributed by atoms with van der Waals surface area (Å²) in [5.74, 6) is 1.76. The highest BCUT2D eigenvalue weighted by molar-refractivity contribution is 7.22. The van der Waals surface area contributed by atoms with Crippen LogP contribution in [-0.2, 0) is 4.79 Å². The average Bonchev–Trinajstić information content (AvgIpc) is 3.18. The second-order valence-corrected chi connectivity index (χ2v) is 8.05. The third-order valence-electron chi connectivity index (χ3n) is 5.15. The van der Waals surface area contributed by atoms with Gasteiger partial charge in [0, 0.05) is 24.7 Å². The maximum atomic E-state index is 12.6. The Morgan fingerprint density at radius 3 is 2.59 bits per heavy atom. The van der Waals surface area contributed by atoms with Gasteiger partial charge < -0.3 is 19.7 Å². The monoisotopic (exact) mass is 411 g/mol. The van der Waals surface area contributed by atoms with Gasteiger partial charge in [-0.05, 0) is 62.2 Å². The SMILES string of the molecule is CCOc1ccc2nc(N3CCC(C(=O)Nc4ccc(OC)cc4)CC3)sc2c1. The maximum absolute atomic E-state index is 12.6. The van der Waals surface area contributed by atoms with Crippen molar-refractivity contribution >= 4 is 38.3 Å². The number of hydrogen-bond acceptors (Lipinski definition) is 6. The van der Waals surface area contributed by atoms with Gasteiger partial charge in [0.15, 0.2) is 5.13 Å². The summed E-state index contributed by atoms with van der Waals surface area (Å²) < 4.78 is 11.9.